The summed E-state index contributed by atoms with van der Waals surface area (Å²) >= 11 is 14.4. The van der Waals surface area contributed by atoms with Crippen LogP contribution in [0.25, 0.3) is 16.8 Å². The number of allylic oxidation sites excluding steroid dienone is 1. The monoisotopic (exact) mass is 521 g/mol. The molecule has 0 aliphatic rings. The molecular weight excluding hydrogens is 505 g/mol. The number of hydrogen-bond donors (Lipinski definition) is 1. The minimum atomic E-state index is -0.577. The molecule has 2 aromatic heterocycles. The van der Waals surface area contributed by atoms with Crippen molar-refractivity contribution >= 4 is 68.4 Å². The van der Waals surface area contributed by atoms with Crippen molar-refractivity contribution in [1.29, 1.82) is 5.26 Å². The summed E-state index contributed by atoms with van der Waals surface area (Å²) in [5, 5.41) is 16.1. The zero-order valence-corrected chi connectivity index (χ0v) is 20.8. The Labute approximate surface area is 208 Å². The summed E-state index contributed by atoms with van der Waals surface area (Å²) in [6.07, 6.45) is 1.44. The Morgan fingerprint density at radius 3 is 2.67 bits per heavy atom. The number of hydrogen-bond acceptors (Lipinski definition) is 9. The number of esters is 2. The molecule has 0 spiro atoms. The predicted molar refractivity (Wildman–Crippen MR) is 131 cm³/mol. The van der Waals surface area contributed by atoms with E-state index in [1.54, 1.807) is 37.4 Å². The second kappa shape index (κ2) is 10.8. The molecule has 0 saturated heterocycles. The van der Waals surface area contributed by atoms with Gasteiger partial charge < -0.3 is 14.8 Å². The van der Waals surface area contributed by atoms with E-state index >= 15 is 0 Å². The van der Waals surface area contributed by atoms with Crippen LogP contribution in [0.4, 0.5) is 5.00 Å². The Hall–Kier alpha value is -2.90. The van der Waals surface area contributed by atoms with Crippen molar-refractivity contribution in [1.82, 2.24) is 4.98 Å². The zero-order chi connectivity index (χ0) is 24.1. The Morgan fingerprint density at radius 1 is 1.27 bits per heavy atom. The molecule has 11 heteroatoms. The van der Waals surface area contributed by atoms with Gasteiger partial charge in [-0.2, -0.15) is 5.26 Å². The first kappa shape index (κ1) is 24.7. The smallest absolute Gasteiger partial charge is 0.348 e. The van der Waals surface area contributed by atoms with Gasteiger partial charge in [-0.1, -0.05) is 29.3 Å². The van der Waals surface area contributed by atoms with Crippen molar-refractivity contribution in [3.05, 3.63) is 60.8 Å². The minimum Gasteiger partial charge on any atom is -0.465 e. The lowest BCUT2D eigenvalue weighted by Crippen LogP contribution is -2.08. The molecule has 2 heterocycles. The van der Waals surface area contributed by atoms with Gasteiger partial charge in [-0.3, -0.25) is 0 Å². The molecule has 0 bridgehead atoms. The number of nitrogens with zero attached hydrogens (tertiary/aromatic N) is 2. The number of ether oxygens (including phenoxy) is 2. The number of methoxy groups -OCH3 is 1. The van der Waals surface area contributed by atoms with Crippen molar-refractivity contribution in [2.24, 2.45) is 0 Å². The van der Waals surface area contributed by atoms with Crippen LogP contribution in [0.1, 0.15) is 37.5 Å². The van der Waals surface area contributed by atoms with E-state index in [0.29, 0.717) is 31.3 Å². The Morgan fingerprint density at radius 2 is 2.03 bits per heavy atom. The first-order chi connectivity index (χ1) is 15.8. The number of carbonyl (C=O) groups excluding carboxylic acids is 2. The van der Waals surface area contributed by atoms with Gasteiger partial charge in [-0.15, -0.1) is 22.7 Å². The third-order valence-electron chi connectivity index (χ3n) is 4.42. The lowest BCUT2D eigenvalue weighted by molar-refractivity contribution is 0.0527. The highest BCUT2D eigenvalue weighted by atomic mass is 35.5. The number of aromatic nitrogens is 1. The molecule has 1 N–H and O–H groups in total. The fraction of sp³-hybridized carbons (Fsp3) is 0.182. The average molecular weight is 522 g/mol. The highest BCUT2D eigenvalue weighted by molar-refractivity contribution is 7.18. The van der Waals surface area contributed by atoms with Gasteiger partial charge >= 0.3 is 11.9 Å². The molecule has 0 radical (unpaired) electrons. The number of thiophene rings is 1. The van der Waals surface area contributed by atoms with Crippen LogP contribution in [0.5, 0.6) is 0 Å². The largest absolute Gasteiger partial charge is 0.465 e. The maximum atomic E-state index is 12.5. The van der Waals surface area contributed by atoms with Crippen LogP contribution in [0, 0.1) is 18.3 Å². The molecule has 33 heavy (non-hydrogen) atoms. The molecule has 0 aliphatic carbocycles. The summed E-state index contributed by atoms with van der Waals surface area (Å²) in [6, 6.07) is 7.26. The van der Waals surface area contributed by atoms with Crippen molar-refractivity contribution in [2.45, 2.75) is 13.8 Å². The highest BCUT2D eigenvalue weighted by Crippen LogP contribution is 2.35. The molecule has 0 fully saturated rings. The normalized spacial score (nSPS) is 11.1. The van der Waals surface area contributed by atoms with Gasteiger partial charge in [0.25, 0.3) is 0 Å². The first-order valence-electron chi connectivity index (χ1n) is 9.47. The van der Waals surface area contributed by atoms with Gasteiger partial charge in [0, 0.05) is 17.1 Å². The molecule has 0 unspecified atom stereocenters. The molecule has 0 aliphatic heterocycles. The molecular formula is C22H17Cl2N3O4S2. The van der Waals surface area contributed by atoms with Gasteiger partial charge in [0.1, 0.15) is 26.5 Å². The molecule has 170 valence electrons. The number of nitriles is 1. The molecule has 0 saturated carbocycles. The van der Waals surface area contributed by atoms with E-state index in [0.717, 1.165) is 16.9 Å². The van der Waals surface area contributed by atoms with Crippen LogP contribution in [-0.2, 0) is 9.47 Å². The molecule has 0 atom stereocenters. The average Bonchev–Trinajstić information content (AvgIpc) is 3.41. The number of thiazole rings is 1. The van der Waals surface area contributed by atoms with Gasteiger partial charge in [-0.25, -0.2) is 14.6 Å². The van der Waals surface area contributed by atoms with Crippen LogP contribution < -0.4 is 5.32 Å². The molecule has 3 rings (SSSR count). The third kappa shape index (κ3) is 5.37. The summed E-state index contributed by atoms with van der Waals surface area (Å²) in [4.78, 5) is 29.4. The molecule has 1 aromatic carbocycles. The van der Waals surface area contributed by atoms with Crippen LogP contribution in [0.15, 0.2) is 29.8 Å². The fourth-order valence-electron chi connectivity index (χ4n) is 2.82. The first-order valence-corrected chi connectivity index (χ1v) is 11.9. The number of anilines is 1. The predicted octanol–water partition coefficient (Wildman–Crippen LogP) is 6.43. The maximum Gasteiger partial charge on any atom is 0.348 e. The van der Waals surface area contributed by atoms with Crippen LogP contribution in [0.2, 0.25) is 10.0 Å². The second-order valence-electron chi connectivity index (χ2n) is 6.45. The van der Waals surface area contributed by atoms with Gasteiger partial charge in [0.05, 0.1) is 35.0 Å². The maximum absolute atomic E-state index is 12.5. The van der Waals surface area contributed by atoms with Crippen molar-refractivity contribution in [3.8, 4) is 17.3 Å². The summed E-state index contributed by atoms with van der Waals surface area (Å²) in [7, 11) is 1.26. The van der Waals surface area contributed by atoms with E-state index in [2.05, 4.69) is 16.4 Å². The van der Waals surface area contributed by atoms with Crippen molar-refractivity contribution in [3.63, 3.8) is 0 Å². The number of carbonyl (C=O) groups is 2. The van der Waals surface area contributed by atoms with Crippen LogP contribution >= 0.6 is 45.9 Å². The summed E-state index contributed by atoms with van der Waals surface area (Å²) in [5.41, 5.74) is 2.30. The van der Waals surface area contributed by atoms with Crippen LogP contribution in [0.3, 0.4) is 0 Å². The van der Waals surface area contributed by atoms with E-state index in [4.69, 9.17) is 32.7 Å². The molecule has 7 nitrogen and oxygen atoms in total. The molecule has 3 aromatic rings. The minimum absolute atomic E-state index is 0.178. The van der Waals surface area contributed by atoms with Gasteiger partial charge in [0.15, 0.2) is 0 Å². The number of halogens is 2. The van der Waals surface area contributed by atoms with E-state index < -0.39 is 11.9 Å². The quantitative estimate of drug-likeness (QED) is 0.282. The van der Waals surface area contributed by atoms with E-state index in [1.165, 1.54) is 24.6 Å². The van der Waals surface area contributed by atoms with Crippen molar-refractivity contribution in [2.75, 3.05) is 19.0 Å². The third-order valence-corrected chi connectivity index (χ3v) is 7.23. The standard InChI is InChI=1S/C22H17Cl2N3O4S2/c1-4-31-21(28)17-11(2)18(22(29)30-3)33-20(17)26-9-13(8-25)19-27-16(10-32-19)12-5-6-14(23)15(24)7-12/h5-7,9-10,26H,4H2,1-3H3. The van der Waals surface area contributed by atoms with Crippen molar-refractivity contribution < 1.29 is 19.1 Å². The van der Waals surface area contributed by atoms with E-state index in [-0.39, 0.29) is 22.6 Å². The number of benzene rings is 1. The lowest BCUT2D eigenvalue weighted by Gasteiger charge is -2.05. The summed E-state index contributed by atoms with van der Waals surface area (Å²) in [5.74, 6) is -1.14. The summed E-state index contributed by atoms with van der Waals surface area (Å²) < 4.78 is 9.92. The number of rotatable bonds is 7. The zero-order valence-electron chi connectivity index (χ0n) is 17.7. The Balaban J connectivity index is 1.94. The highest BCUT2D eigenvalue weighted by Gasteiger charge is 2.26. The fourth-order valence-corrected chi connectivity index (χ4v) is 4.99. The molecule has 0 amide bonds. The topological polar surface area (TPSA) is 101 Å². The van der Waals surface area contributed by atoms with E-state index in [1.807, 2.05) is 0 Å². The number of nitrogens with one attached hydrogen (secondary N) is 1. The Kier molecular flexibility index (Phi) is 8.10. The SMILES string of the molecule is CCOC(=O)c1c(NC=C(C#N)c2nc(-c3ccc(Cl)c(Cl)c3)cs2)sc(C(=O)OC)c1C. The van der Waals surface area contributed by atoms with Gasteiger partial charge in [0.2, 0.25) is 0 Å². The second-order valence-corrected chi connectivity index (χ2v) is 9.15. The lowest BCUT2D eigenvalue weighted by atomic mass is 10.1. The van der Waals surface area contributed by atoms with E-state index in [9.17, 15) is 14.9 Å². The van der Waals surface area contributed by atoms with Gasteiger partial charge in [-0.05, 0) is 31.5 Å². The summed E-state index contributed by atoms with van der Waals surface area (Å²) in [6.45, 7) is 3.51. The van der Waals surface area contributed by atoms with Crippen LogP contribution in [-0.4, -0.2) is 30.6 Å². The Bertz CT molecular complexity index is 1290.